The average Bonchev–Trinajstić information content (AvgIpc) is 2.69. The lowest BCUT2D eigenvalue weighted by Gasteiger charge is -2.20. The van der Waals surface area contributed by atoms with E-state index >= 15 is 0 Å². The summed E-state index contributed by atoms with van der Waals surface area (Å²) in [6, 6.07) is 8.17. The lowest BCUT2D eigenvalue weighted by atomic mass is 9.91. The van der Waals surface area contributed by atoms with Crippen molar-refractivity contribution < 1.29 is 18.9 Å². The lowest BCUT2D eigenvalue weighted by Crippen LogP contribution is -2.05. The Bertz CT molecular complexity index is 689. The van der Waals surface area contributed by atoms with Gasteiger partial charge in [0.2, 0.25) is 0 Å². The molecule has 2 aromatic carbocycles. The molecule has 0 bridgehead atoms. The van der Waals surface area contributed by atoms with E-state index in [2.05, 4.69) is 26.0 Å². The molecule has 0 aliphatic heterocycles. The molecule has 0 aliphatic rings. The van der Waals surface area contributed by atoms with Gasteiger partial charge in [-0.25, -0.2) is 0 Å². The van der Waals surface area contributed by atoms with Crippen LogP contribution in [-0.2, 0) is 19.3 Å². The first-order chi connectivity index (χ1) is 13.1. The van der Waals surface area contributed by atoms with Gasteiger partial charge in [0, 0.05) is 29.7 Å². The fourth-order valence-electron chi connectivity index (χ4n) is 3.51. The standard InChI is InChI=1S/C23H32O4/c1-7-9-16-11-18(24-3)13-22(26-5)20(16)15-21-17(10-8-2)12-19(25-4)14-23(21)27-6/h11-14H,7-10,15H2,1-6H3. The van der Waals surface area contributed by atoms with Gasteiger partial charge < -0.3 is 18.9 Å². The van der Waals surface area contributed by atoms with Crippen molar-refractivity contribution in [2.45, 2.75) is 46.0 Å². The first-order valence-corrected chi connectivity index (χ1v) is 9.59. The van der Waals surface area contributed by atoms with Gasteiger partial charge in [0.05, 0.1) is 28.4 Å². The second-order valence-electron chi connectivity index (χ2n) is 6.61. The van der Waals surface area contributed by atoms with Crippen LogP contribution in [-0.4, -0.2) is 28.4 Å². The Morgan fingerprint density at radius 1 is 0.593 bits per heavy atom. The SMILES string of the molecule is CCCc1cc(OC)cc(OC)c1Cc1c(CCC)cc(OC)cc1OC. The molecule has 4 nitrogen and oxygen atoms in total. The van der Waals surface area contributed by atoms with Gasteiger partial charge in [0.1, 0.15) is 23.0 Å². The molecule has 0 aliphatic carbocycles. The van der Waals surface area contributed by atoms with Gasteiger partial charge in [-0.15, -0.1) is 0 Å². The summed E-state index contributed by atoms with van der Waals surface area (Å²) in [5.41, 5.74) is 4.91. The second-order valence-corrected chi connectivity index (χ2v) is 6.61. The van der Waals surface area contributed by atoms with Crippen LogP contribution in [0.2, 0.25) is 0 Å². The highest BCUT2D eigenvalue weighted by Gasteiger charge is 2.18. The minimum Gasteiger partial charge on any atom is -0.497 e. The Morgan fingerprint density at radius 2 is 1.00 bits per heavy atom. The van der Waals surface area contributed by atoms with E-state index in [1.807, 2.05) is 12.1 Å². The van der Waals surface area contributed by atoms with Crippen molar-refractivity contribution in [3.63, 3.8) is 0 Å². The maximum atomic E-state index is 5.72. The molecule has 0 amide bonds. The van der Waals surface area contributed by atoms with E-state index in [0.29, 0.717) is 0 Å². The van der Waals surface area contributed by atoms with Crippen molar-refractivity contribution in [1.29, 1.82) is 0 Å². The molecule has 0 heterocycles. The predicted octanol–water partition coefficient (Wildman–Crippen LogP) is 5.22. The van der Waals surface area contributed by atoms with E-state index < -0.39 is 0 Å². The molecule has 0 unspecified atom stereocenters. The summed E-state index contributed by atoms with van der Waals surface area (Å²) < 4.78 is 22.4. The number of hydrogen-bond acceptors (Lipinski definition) is 4. The Morgan fingerprint density at radius 3 is 1.30 bits per heavy atom. The highest BCUT2D eigenvalue weighted by Crippen LogP contribution is 2.37. The summed E-state index contributed by atoms with van der Waals surface area (Å²) in [5, 5.41) is 0. The highest BCUT2D eigenvalue weighted by molar-refractivity contribution is 5.54. The monoisotopic (exact) mass is 372 g/mol. The van der Waals surface area contributed by atoms with E-state index in [1.165, 1.54) is 22.3 Å². The van der Waals surface area contributed by atoms with E-state index in [4.69, 9.17) is 18.9 Å². The maximum Gasteiger partial charge on any atom is 0.126 e. The molecule has 0 saturated carbocycles. The Kier molecular flexibility index (Phi) is 7.83. The number of benzene rings is 2. The van der Waals surface area contributed by atoms with Crippen molar-refractivity contribution in [1.82, 2.24) is 0 Å². The summed E-state index contributed by atoms with van der Waals surface area (Å²) >= 11 is 0. The molecule has 0 saturated heterocycles. The molecule has 0 N–H and O–H groups in total. The second kappa shape index (κ2) is 10.1. The van der Waals surface area contributed by atoms with E-state index in [1.54, 1.807) is 28.4 Å². The van der Waals surface area contributed by atoms with Crippen LogP contribution in [0, 0.1) is 0 Å². The molecule has 4 heteroatoms. The number of ether oxygens (including phenoxy) is 4. The van der Waals surface area contributed by atoms with Crippen molar-refractivity contribution in [3.05, 3.63) is 46.5 Å². The van der Waals surface area contributed by atoms with Crippen LogP contribution < -0.4 is 18.9 Å². The quantitative estimate of drug-likeness (QED) is 0.573. The Hall–Kier alpha value is -2.36. The zero-order valence-electron chi connectivity index (χ0n) is 17.5. The average molecular weight is 373 g/mol. The van der Waals surface area contributed by atoms with Crippen LogP contribution in [0.4, 0.5) is 0 Å². The highest BCUT2D eigenvalue weighted by atomic mass is 16.5. The first-order valence-electron chi connectivity index (χ1n) is 9.59. The maximum absolute atomic E-state index is 5.72. The first kappa shape index (κ1) is 20.9. The molecule has 0 atom stereocenters. The van der Waals surface area contributed by atoms with Crippen LogP contribution in [0.3, 0.4) is 0 Å². The van der Waals surface area contributed by atoms with Gasteiger partial charge in [-0.3, -0.25) is 0 Å². The van der Waals surface area contributed by atoms with Crippen molar-refractivity contribution in [2.75, 3.05) is 28.4 Å². The Labute approximate surface area is 163 Å². The minimum atomic E-state index is 0.755. The number of aryl methyl sites for hydroxylation is 2. The van der Waals surface area contributed by atoms with Crippen LogP contribution in [0.15, 0.2) is 24.3 Å². The molecule has 148 valence electrons. The van der Waals surface area contributed by atoms with Gasteiger partial charge >= 0.3 is 0 Å². The molecule has 2 rings (SSSR count). The van der Waals surface area contributed by atoms with Gasteiger partial charge in [-0.05, 0) is 36.1 Å². The third-order valence-corrected chi connectivity index (χ3v) is 4.85. The van der Waals surface area contributed by atoms with Gasteiger partial charge in [0.25, 0.3) is 0 Å². The molecule has 0 radical (unpaired) electrons. The third-order valence-electron chi connectivity index (χ3n) is 4.85. The summed E-state index contributed by atoms with van der Waals surface area (Å²) in [4.78, 5) is 0. The molecular weight excluding hydrogens is 340 g/mol. The fourth-order valence-corrected chi connectivity index (χ4v) is 3.51. The zero-order chi connectivity index (χ0) is 19.8. The van der Waals surface area contributed by atoms with Crippen LogP contribution in [0.5, 0.6) is 23.0 Å². The molecule has 0 spiro atoms. The molecule has 2 aromatic rings. The third kappa shape index (κ3) is 4.88. The minimum absolute atomic E-state index is 0.755. The summed E-state index contributed by atoms with van der Waals surface area (Å²) in [7, 11) is 6.81. The topological polar surface area (TPSA) is 36.9 Å². The molecule has 0 aromatic heterocycles. The van der Waals surface area contributed by atoms with Gasteiger partial charge in [0.15, 0.2) is 0 Å². The van der Waals surface area contributed by atoms with E-state index in [0.717, 1.165) is 55.1 Å². The summed E-state index contributed by atoms with van der Waals surface area (Å²) in [5.74, 6) is 3.38. The smallest absolute Gasteiger partial charge is 0.126 e. The van der Waals surface area contributed by atoms with Crippen molar-refractivity contribution >= 4 is 0 Å². The molecule has 0 fully saturated rings. The van der Waals surface area contributed by atoms with Crippen LogP contribution >= 0.6 is 0 Å². The lowest BCUT2D eigenvalue weighted by molar-refractivity contribution is 0.386. The van der Waals surface area contributed by atoms with Crippen molar-refractivity contribution in [3.8, 4) is 23.0 Å². The fraction of sp³-hybridized carbons (Fsp3) is 0.478. The number of rotatable bonds is 10. The summed E-state index contributed by atoms with van der Waals surface area (Å²) in [6.45, 7) is 4.37. The number of methoxy groups -OCH3 is 4. The molecular formula is C23H32O4. The van der Waals surface area contributed by atoms with Gasteiger partial charge in [-0.1, -0.05) is 26.7 Å². The summed E-state index contributed by atoms with van der Waals surface area (Å²) in [6.07, 6.45) is 4.83. The van der Waals surface area contributed by atoms with Crippen molar-refractivity contribution in [2.24, 2.45) is 0 Å². The number of hydrogen-bond donors (Lipinski definition) is 0. The van der Waals surface area contributed by atoms with Crippen LogP contribution in [0.25, 0.3) is 0 Å². The normalized spacial score (nSPS) is 10.6. The largest absolute Gasteiger partial charge is 0.497 e. The predicted molar refractivity (Wildman–Crippen MR) is 110 cm³/mol. The van der Waals surface area contributed by atoms with Gasteiger partial charge in [-0.2, -0.15) is 0 Å². The van der Waals surface area contributed by atoms with E-state index in [-0.39, 0.29) is 0 Å². The van der Waals surface area contributed by atoms with Crippen LogP contribution in [0.1, 0.15) is 48.9 Å². The Balaban J connectivity index is 2.61. The van der Waals surface area contributed by atoms with E-state index in [9.17, 15) is 0 Å². The zero-order valence-corrected chi connectivity index (χ0v) is 17.5. The molecule has 27 heavy (non-hydrogen) atoms.